The normalized spacial score (nSPS) is 9.77. The van der Waals surface area contributed by atoms with Gasteiger partial charge in [-0.25, -0.2) is 4.79 Å². The lowest BCUT2D eigenvalue weighted by atomic mass is 10.2. The van der Waals surface area contributed by atoms with E-state index in [1.54, 1.807) is 12.1 Å². The molecule has 2 nitrogen and oxygen atoms in total. The van der Waals surface area contributed by atoms with Crippen molar-refractivity contribution in [2.45, 2.75) is 4.90 Å². The maximum atomic E-state index is 11.1. The second-order valence-electron chi connectivity index (χ2n) is 2.24. The molecule has 0 N–H and O–H groups in total. The lowest BCUT2D eigenvalue weighted by Gasteiger charge is -2.01. The van der Waals surface area contributed by atoms with E-state index in [-0.39, 0.29) is 5.97 Å². The number of carbonyl (C=O) groups is 1. The van der Waals surface area contributed by atoms with Crippen LogP contribution in [-0.2, 0) is 4.74 Å². The zero-order valence-corrected chi connectivity index (χ0v) is 9.87. The van der Waals surface area contributed by atoms with Crippen LogP contribution in [0.15, 0.2) is 27.6 Å². The molecule has 0 aliphatic carbocycles. The minimum Gasteiger partial charge on any atom is -0.465 e. The standard InChI is InChI=1S/C8H6BrClO2S/c1-12-8(11)5-2-6(9)4-7(3-5)13-10/h2-4H,1H3. The van der Waals surface area contributed by atoms with E-state index in [1.807, 2.05) is 6.07 Å². The van der Waals surface area contributed by atoms with Crippen LogP contribution in [-0.4, -0.2) is 13.1 Å². The Hall–Kier alpha value is -0.190. The molecule has 1 aromatic carbocycles. The highest BCUT2D eigenvalue weighted by Gasteiger charge is 2.07. The van der Waals surface area contributed by atoms with E-state index in [9.17, 15) is 4.79 Å². The number of carbonyl (C=O) groups excluding carboxylic acids is 1. The first kappa shape index (κ1) is 10.9. The molecular formula is C8H6BrClO2S. The van der Waals surface area contributed by atoms with Gasteiger partial charge in [-0.1, -0.05) is 15.9 Å². The number of ether oxygens (including phenoxy) is 1. The number of hydrogen-bond acceptors (Lipinski definition) is 3. The van der Waals surface area contributed by atoms with E-state index >= 15 is 0 Å². The Morgan fingerprint density at radius 3 is 2.77 bits per heavy atom. The first-order valence-corrected chi connectivity index (χ1v) is 5.78. The molecule has 0 saturated heterocycles. The zero-order valence-electron chi connectivity index (χ0n) is 6.71. The molecule has 0 fully saturated rings. The summed E-state index contributed by atoms with van der Waals surface area (Å²) in [5, 5.41) is 0. The summed E-state index contributed by atoms with van der Waals surface area (Å²) >= 11 is 3.27. The van der Waals surface area contributed by atoms with Crippen LogP contribution in [0.5, 0.6) is 0 Å². The largest absolute Gasteiger partial charge is 0.465 e. The second kappa shape index (κ2) is 4.88. The third-order valence-corrected chi connectivity index (χ3v) is 2.79. The fourth-order valence-electron chi connectivity index (χ4n) is 0.843. The summed E-state index contributed by atoms with van der Waals surface area (Å²) in [5.74, 6) is -0.367. The lowest BCUT2D eigenvalue weighted by Crippen LogP contribution is -2.00. The van der Waals surface area contributed by atoms with Crippen LogP contribution in [0, 0.1) is 0 Å². The molecule has 0 atom stereocenters. The first-order valence-electron chi connectivity index (χ1n) is 3.35. The summed E-state index contributed by atoms with van der Waals surface area (Å²) in [7, 11) is 7.97. The van der Waals surface area contributed by atoms with Gasteiger partial charge in [0.05, 0.1) is 12.7 Å². The molecule has 0 bridgehead atoms. The molecule has 70 valence electrons. The molecule has 0 aliphatic heterocycles. The molecule has 0 aliphatic rings. The van der Waals surface area contributed by atoms with Gasteiger partial charge in [-0.3, -0.25) is 0 Å². The fraction of sp³-hybridized carbons (Fsp3) is 0.125. The van der Waals surface area contributed by atoms with Gasteiger partial charge in [0.15, 0.2) is 0 Å². The number of hydrogen-bond donors (Lipinski definition) is 0. The van der Waals surface area contributed by atoms with Gasteiger partial charge in [0.2, 0.25) is 0 Å². The molecular weight excluding hydrogens is 276 g/mol. The highest BCUT2D eigenvalue weighted by molar-refractivity contribution is 9.10. The van der Waals surface area contributed by atoms with Crippen LogP contribution < -0.4 is 0 Å². The Bertz CT molecular complexity index is 330. The predicted molar refractivity (Wildman–Crippen MR) is 57.2 cm³/mol. The van der Waals surface area contributed by atoms with Crippen LogP contribution in [0.1, 0.15) is 10.4 Å². The zero-order chi connectivity index (χ0) is 9.84. The van der Waals surface area contributed by atoms with Crippen molar-refractivity contribution in [3.8, 4) is 0 Å². The SMILES string of the molecule is COC(=O)c1cc(Br)cc(SCl)c1. The molecule has 0 aromatic heterocycles. The third-order valence-electron chi connectivity index (χ3n) is 1.38. The number of benzene rings is 1. The molecule has 0 heterocycles. The van der Waals surface area contributed by atoms with Crippen LogP contribution in [0.2, 0.25) is 0 Å². The summed E-state index contributed by atoms with van der Waals surface area (Å²) in [4.78, 5) is 11.9. The van der Waals surface area contributed by atoms with Crippen molar-refractivity contribution < 1.29 is 9.53 Å². The van der Waals surface area contributed by atoms with Crippen LogP contribution in [0.4, 0.5) is 0 Å². The van der Waals surface area contributed by atoms with Gasteiger partial charge in [-0.15, -0.1) is 0 Å². The number of methoxy groups -OCH3 is 1. The van der Waals surface area contributed by atoms with E-state index < -0.39 is 0 Å². The molecule has 0 amide bonds. The van der Waals surface area contributed by atoms with Crippen molar-refractivity contribution in [2.75, 3.05) is 7.11 Å². The molecule has 1 rings (SSSR count). The topological polar surface area (TPSA) is 26.3 Å². The van der Waals surface area contributed by atoms with Crippen LogP contribution in [0.3, 0.4) is 0 Å². The summed E-state index contributed by atoms with van der Waals surface area (Å²) in [5.41, 5.74) is 0.486. The minimum atomic E-state index is -0.367. The molecule has 0 unspecified atom stereocenters. The quantitative estimate of drug-likeness (QED) is 0.776. The van der Waals surface area contributed by atoms with Crippen molar-refractivity contribution in [1.29, 1.82) is 0 Å². The minimum absolute atomic E-state index is 0.367. The van der Waals surface area contributed by atoms with Crippen molar-refractivity contribution in [2.24, 2.45) is 0 Å². The van der Waals surface area contributed by atoms with Gasteiger partial charge in [0.25, 0.3) is 0 Å². The van der Waals surface area contributed by atoms with Crippen molar-refractivity contribution in [3.05, 3.63) is 28.2 Å². The summed E-state index contributed by atoms with van der Waals surface area (Å²) in [6.07, 6.45) is 0. The van der Waals surface area contributed by atoms with Crippen molar-refractivity contribution in [1.82, 2.24) is 0 Å². The Morgan fingerprint density at radius 2 is 2.23 bits per heavy atom. The predicted octanol–water partition coefficient (Wildman–Crippen LogP) is 3.48. The summed E-state index contributed by atoms with van der Waals surface area (Å²) in [6, 6.07) is 5.18. The Labute approximate surface area is 93.2 Å². The van der Waals surface area contributed by atoms with Gasteiger partial charge in [0, 0.05) is 9.37 Å². The molecule has 1 aromatic rings. The molecule has 0 saturated carbocycles. The highest BCUT2D eigenvalue weighted by Crippen LogP contribution is 2.27. The van der Waals surface area contributed by atoms with E-state index in [2.05, 4.69) is 20.7 Å². The van der Waals surface area contributed by atoms with Gasteiger partial charge < -0.3 is 4.74 Å². The summed E-state index contributed by atoms with van der Waals surface area (Å²) in [6.45, 7) is 0. The van der Waals surface area contributed by atoms with Crippen LogP contribution >= 0.6 is 37.6 Å². The van der Waals surface area contributed by atoms with E-state index in [4.69, 9.17) is 10.7 Å². The number of esters is 1. The van der Waals surface area contributed by atoms with Gasteiger partial charge in [0.1, 0.15) is 0 Å². The average Bonchev–Trinajstić information content (AvgIpc) is 2.15. The Kier molecular flexibility index (Phi) is 4.09. The maximum Gasteiger partial charge on any atom is 0.337 e. The van der Waals surface area contributed by atoms with Gasteiger partial charge in [-0.05, 0) is 39.9 Å². The highest BCUT2D eigenvalue weighted by atomic mass is 79.9. The van der Waals surface area contributed by atoms with E-state index in [1.165, 1.54) is 7.11 Å². The molecule has 0 radical (unpaired) electrons. The van der Waals surface area contributed by atoms with Crippen molar-refractivity contribution >= 4 is 43.6 Å². The monoisotopic (exact) mass is 280 g/mol. The number of halogens is 2. The first-order chi connectivity index (χ1) is 6.17. The Balaban J connectivity index is 3.08. The third kappa shape index (κ3) is 2.90. The fourth-order valence-corrected chi connectivity index (χ4v) is 2.10. The van der Waals surface area contributed by atoms with E-state index in [0.29, 0.717) is 5.56 Å². The molecule has 13 heavy (non-hydrogen) atoms. The molecule has 5 heteroatoms. The van der Waals surface area contributed by atoms with Gasteiger partial charge >= 0.3 is 5.97 Å². The average molecular weight is 282 g/mol. The van der Waals surface area contributed by atoms with Gasteiger partial charge in [-0.2, -0.15) is 0 Å². The number of rotatable bonds is 2. The summed E-state index contributed by atoms with van der Waals surface area (Å²) < 4.78 is 5.38. The smallest absolute Gasteiger partial charge is 0.337 e. The maximum absolute atomic E-state index is 11.1. The molecule has 0 spiro atoms. The van der Waals surface area contributed by atoms with Crippen LogP contribution in [0.25, 0.3) is 0 Å². The Morgan fingerprint density at radius 1 is 1.54 bits per heavy atom. The lowest BCUT2D eigenvalue weighted by molar-refractivity contribution is 0.0600. The van der Waals surface area contributed by atoms with Crippen molar-refractivity contribution in [3.63, 3.8) is 0 Å². The van der Waals surface area contributed by atoms with E-state index in [0.717, 1.165) is 20.3 Å². The second-order valence-corrected chi connectivity index (χ2v) is 4.25.